The summed E-state index contributed by atoms with van der Waals surface area (Å²) in [4.78, 5) is 0. The summed E-state index contributed by atoms with van der Waals surface area (Å²) in [7, 11) is 0. The van der Waals surface area contributed by atoms with Crippen molar-refractivity contribution in [1.82, 2.24) is 0 Å². The molecule has 3 rings (SSSR count). The zero-order valence-corrected chi connectivity index (χ0v) is 9.48. The number of rotatable bonds is 2. The molecule has 1 aromatic carbocycles. The van der Waals surface area contributed by atoms with Gasteiger partial charge < -0.3 is 10.1 Å². The Morgan fingerprint density at radius 3 is 3.27 bits per heavy atom. The van der Waals surface area contributed by atoms with E-state index in [2.05, 4.69) is 23.5 Å². The molecule has 0 amide bonds. The molecule has 1 N–H and O–H groups in total. The van der Waals surface area contributed by atoms with Gasteiger partial charge in [-0.2, -0.15) is 11.8 Å². The van der Waals surface area contributed by atoms with Crippen LogP contribution < -0.4 is 10.1 Å². The smallest absolute Gasteiger partial charge is 0.121 e. The number of hydrogen-bond acceptors (Lipinski definition) is 3. The van der Waals surface area contributed by atoms with E-state index in [-0.39, 0.29) is 0 Å². The van der Waals surface area contributed by atoms with Crippen molar-refractivity contribution in [3.8, 4) is 5.75 Å². The number of thioether (sulfide) groups is 1. The lowest BCUT2D eigenvalue weighted by Gasteiger charge is -2.13. The number of anilines is 1. The van der Waals surface area contributed by atoms with E-state index in [9.17, 15) is 0 Å². The normalized spacial score (nSPS) is 23.6. The predicted molar refractivity (Wildman–Crippen MR) is 65.0 cm³/mol. The fourth-order valence-corrected chi connectivity index (χ4v) is 3.24. The Kier molecular flexibility index (Phi) is 2.49. The number of fused-ring (bicyclic) bond motifs is 1. The minimum Gasteiger partial charge on any atom is -0.489 e. The van der Waals surface area contributed by atoms with Gasteiger partial charge in [-0.15, -0.1) is 0 Å². The Balaban J connectivity index is 1.75. The van der Waals surface area contributed by atoms with E-state index in [0.717, 1.165) is 24.5 Å². The summed E-state index contributed by atoms with van der Waals surface area (Å²) < 4.78 is 5.94. The molecule has 2 nitrogen and oxygen atoms in total. The Bertz CT molecular complexity index is 361. The molecule has 0 saturated carbocycles. The van der Waals surface area contributed by atoms with E-state index in [1.54, 1.807) is 0 Å². The second kappa shape index (κ2) is 3.97. The quantitative estimate of drug-likeness (QED) is 0.829. The van der Waals surface area contributed by atoms with E-state index in [0.29, 0.717) is 6.10 Å². The molecule has 1 unspecified atom stereocenters. The molecule has 1 fully saturated rings. The highest BCUT2D eigenvalue weighted by Crippen LogP contribution is 2.29. The van der Waals surface area contributed by atoms with Crippen LogP contribution in [-0.2, 0) is 6.42 Å². The first-order valence-electron chi connectivity index (χ1n) is 5.53. The van der Waals surface area contributed by atoms with E-state index >= 15 is 0 Å². The minimum atomic E-state index is 0.425. The molecule has 2 aliphatic heterocycles. The van der Waals surface area contributed by atoms with E-state index in [4.69, 9.17) is 4.74 Å². The molecule has 80 valence electrons. The molecule has 0 aliphatic carbocycles. The zero-order chi connectivity index (χ0) is 10.1. The monoisotopic (exact) mass is 221 g/mol. The highest BCUT2D eigenvalue weighted by molar-refractivity contribution is 7.99. The van der Waals surface area contributed by atoms with Crippen molar-refractivity contribution in [2.75, 3.05) is 23.4 Å². The van der Waals surface area contributed by atoms with Gasteiger partial charge in [0, 0.05) is 24.1 Å². The Hall–Kier alpha value is -0.830. The molecule has 2 aliphatic rings. The van der Waals surface area contributed by atoms with E-state index < -0.39 is 0 Å². The Morgan fingerprint density at radius 2 is 2.40 bits per heavy atom. The summed E-state index contributed by atoms with van der Waals surface area (Å²) in [6.45, 7) is 1.07. The topological polar surface area (TPSA) is 21.3 Å². The summed E-state index contributed by atoms with van der Waals surface area (Å²) in [5, 5.41) is 3.38. The van der Waals surface area contributed by atoms with Crippen LogP contribution in [0.3, 0.4) is 0 Å². The summed E-state index contributed by atoms with van der Waals surface area (Å²) >= 11 is 1.99. The van der Waals surface area contributed by atoms with Gasteiger partial charge in [0.1, 0.15) is 11.9 Å². The van der Waals surface area contributed by atoms with Crippen LogP contribution >= 0.6 is 11.8 Å². The van der Waals surface area contributed by atoms with Crippen molar-refractivity contribution in [2.24, 2.45) is 0 Å². The minimum absolute atomic E-state index is 0.425. The number of ether oxygens (including phenoxy) is 1. The predicted octanol–water partition coefficient (Wildman–Crippen LogP) is 2.54. The third-order valence-electron chi connectivity index (χ3n) is 2.98. The van der Waals surface area contributed by atoms with Crippen LogP contribution in [0.4, 0.5) is 5.69 Å². The van der Waals surface area contributed by atoms with E-state index in [1.165, 1.54) is 23.4 Å². The van der Waals surface area contributed by atoms with Gasteiger partial charge in [0.25, 0.3) is 0 Å². The lowest BCUT2D eigenvalue weighted by molar-refractivity contribution is 0.229. The molecule has 1 atom stereocenters. The lowest BCUT2D eigenvalue weighted by Crippen LogP contribution is -2.14. The van der Waals surface area contributed by atoms with Crippen LogP contribution in [0.5, 0.6) is 5.75 Å². The fourth-order valence-electron chi connectivity index (χ4n) is 2.14. The zero-order valence-electron chi connectivity index (χ0n) is 8.66. The molecule has 0 spiro atoms. The molecule has 0 radical (unpaired) electrons. The van der Waals surface area contributed by atoms with Gasteiger partial charge in [0.05, 0.1) is 0 Å². The van der Waals surface area contributed by atoms with Crippen molar-refractivity contribution < 1.29 is 4.74 Å². The van der Waals surface area contributed by atoms with Gasteiger partial charge in [0.15, 0.2) is 0 Å². The van der Waals surface area contributed by atoms with Crippen molar-refractivity contribution in [3.63, 3.8) is 0 Å². The molecular weight excluding hydrogens is 206 g/mol. The van der Waals surface area contributed by atoms with Gasteiger partial charge >= 0.3 is 0 Å². The van der Waals surface area contributed by atoms with Crippen molar-refractivity contribution >= 4 is 17.4 Å². The van der Waals surface area contributed by atoms with Gasteiger partial charge in [-0.05, 0) is 30.2 Å². The van der Waals surface area contributed by atoms with E-state index in [1.807, 2.05) is 11.8 Å². The molecule has 1 aromatic rings. The summed E-state index contributed by atoms with van der Waals surface area (Å²) in [6, 6.07) is 6.44. The third-order valence-corrected chi connectivity index (χ3v) is 4.11. The molecule has 3 heteroatoms. The van der Waals surface area contributed by atoms with Crippen molar-refractivity contribution in [1.29, 1.82) is 0 Å². The van der Waals surface area contributed by atoms with Crippen LogP contribution in [0.1, 0.15) is 12.0 Å². The second-order valence-electron chi connectivity index (χ2n) is 4.10. The summed E-state index contributed by atoms with van der Waals surface area (Å²) in [5.41, 5.74) is 2.68. The molecule has 15 heavy (non-hydrogen) atoms. The largest absolute Gasteiger partial charge is 0.489 e. The molecule has 0 aromatic heterocycles. The maximum Gasteiger partial charge on any atom is 0.121 e. The van der Waals surface area contributed by atoms with Gasteiger partial charge in [-0.25, -0.2) is 0 Å². The Morgan fingerprint density at radius 1 is 1.40 bits per heavy atom. The summed E-state index contributed by atoms with van der Waals surface area (Å²) in [6.07, 6.45) is 2.76. The summed E-state index contributed by atoms with van der Waals surface area (Å²) in [5.74, 6) is 3.41. The first kappa shape index (κ1) is 9.40. The van der Waals surface area contributed by atoms with Gasteiger partial charge in [-0.3, -0.25) is 0 Å². The maximum absolute atomic E-state index is 5.94. The first-order valence-corrected chi connectivity index (χ1v) is 6.68. The molecule has 0 bridgehead atoms. The highest BCUT2D eigenvalue weighted by Gasteiger charge is 2.18. The number of benzene rings is 1. The third kappa shape index (κ3) is 1.93. The molecule has 2 heterocycles. The van der Waals surface area contributed by atoms with Gasteiger partial charge in [0.2, 0.25) is 0 Å². The average Bonchev–Trinajstić information content (AvgIpc) is 2.87. The molecular formula is C12H15NOS. The number of nitrogens with one attached hydrogen (secondary N) is 1. The first-order chi connectivity index (χ1) is 7.42. The van der Waals surface area contributed by atoms with Crippen LogP contribution in [0, 0.1) is 0 Å². The van der Waals surface area contributed by atoms with Crippen molar-refractivity contribution in [2.45, 2.75) is 18.9 Å². The average molecular weight is 221 g/mol. The van der Waals surface area contributed by atoms with Crippen LogP contribution in [0.2, 0.25) is 0 Å². The van der Waals surface area contributed by atoms with Crippen LogP contribution in [-0.4, -0.2) is 24.2 Å². The highest BCUT2D eigenvalue weighted by atomic mass is 32.2. The maximum atomic E-state index is 5.94. The number of hydrogen-bond donors (Lipinski definition) is 1. The van der Waals surface area contributed by atoms with Crippen LogP contribution in [0.15, 0.2) is 18.2 Å². The van der Waals surface area contributed by atoms with Gasteiger partial charge in [-0.1, -0.05) is 6.07 Å². The fraction of sp³-hybridized carbons (Fsp3) is 0.500. The van der Waals surface area contributed by atoms with Crippen LogP contribution in [0.25, 0.3) is 0 Å². The standard InChI is InChI=1S/C12H15NOS/c1-2-10(14-11-4-6-15-8-11)7-12-9(1)3-5-13-12/h1-2,7,11,13H,3-6,8H2. The molecule has 1 saturated heterocycles. The van der Waals surface area contributed by atoms with Crippen molar-refractivity contribution in [3.05, 3.63) is 23.8 Å². The SMILES string of the molecule is c1cc2c(cc1OC1CCSC1)NCC2. The Labute approximate surface area is 94.4 Å². The lowest BCUT2D eigenvalue weighted by atomic mass is 10.1. The second-order valence-corrected chi connectivity index (χ2v) is 5.25.